The van der Waals surface area contributed by atoms with Crippen molar-refractivity contribution < 1.29 is 9.90 Å². The van der Waals surface area contributed by atoms with E-state index in [1.807, 2.05) is 65.6 Å². The standard InChI is InChI=1S/C30H30ClN3O2/c1-2-4-21-5-3-6-23(19-21)30(36)14-17-34(18-15-30)29(35)22-7-10-25(11-8-22)33-27-13-16-32-28-20-24(31)9-12-26(27)28/h3,5-13,16,19-20,36H,2,4,14-15,17-18H2,1H3,(H,32,33). The van der Waals surface area contributed by atoms with E-state index in [0.717, 1.165) is 40.7 Å². The molecule has 3 aromatic carbocycles. The number of likely N-dealkylation sites (tertiary alicyclic amines) is 1. The van der Waals surface area contributed by atoms with Crippen LogP contribution in [0.2, 0.25) is 5.02 Å². The van der Waals surface area contributed by atoms with Crippen LogP contribution in [0.5, 0.6) is 0 Å². The molecule has 2 N–H and O–H groups in total. The van der Waals surface area contributed by atoms with E-state index in [2.05, 4.69) is 29.4 Å². The number of carbonyl (C=O) groups excluding carboxylic acids is 1. The van der Waals surface area contributed by atoms with Crippen molar-refractivity contribution in [3.63, 3.8) is 0 Å². The number of benzene rings is 3. The van der Waals surface area contributed by atoms with Gasteiger partial charge in [0.2, 0.25) is 0 Å². The molecule has 0 atom stereocenters. The fourth-order valence-electron chi connectivity index (χ4n) is 4.94. The van der Waals surface area contributed by atoms with Crippen LogP contribution < -0.4 is 5.32 Å². The predicted octanol–water partition coefficient (Wildman–Crippen LogP) is 6.71. The highest BCUT2D eigenvalue weighted by Gasteiger charge is 2.35. The first-order valence-corrected chi connectivity index (χ1v) is 12.9. The Labute approximate surface area is 216 Å². The molecule has 0 saturated carbocycles. The third-order valence-corrected chi connectivity index (χ3v) is 7.23. The summed E-state index contributed by atoms with van der Waals surface area (Å²) in [5, 5.41) is 16.4. The molecule has 0 bridgehead atoms. The van der Waals surface area contributed by atoms with Gasteiger partial charge in [0.1, 0.15) is 0 Å². The van der Waals surface area contributed by atoms with Crippen LogP contribution in [0.3, 0.4) is 0 Å². The number of nitrogens with one attached hydrogen (secondary N) is 1. The van der Waals surface area contributed by atoms with E-state index in [9.17, 15) is 9.90 Å². The van der Waals surface area contributed by atoms with Gasteiger partial charge in [-0.2, -0.15) is 0 Å². The maximum atomic E-state index is 13.2. The van der Waals surface area contributed by atoms with Crippen molar-refractivity contribution in [1.29, 1.82) is 0 Å². The Morgan fingerprint density at radius 3 is 2.58 bits per heavy atom. The van der Waals surface area contributed by atoms with Crippen LogP contribution in [-0.2, 0) is 12.0 Å². The number of halogens is 1. The third kappa shape index (κ3) is 5.08. The van der Waals surface area contributed by atoms with Crippen molar-refractivity contribution in [1.82, 2.24) is 9.88 Å². The van der Waals surface area contributed by atoms with E-state index in [4.69, 9.17) is 11.6 Å². The molecule has 0 unspecified atom stereocenters. The summed E-state index contributed by atoms with van der Waals surface area (Å²) >= 11 is 6.10. The Morgan fingerprint density at radius 2 is 1.83 bits per heavy atom. The highest BCUT2D eigenvalue weighted by molar-refractivity contribution is 6.31. The molecule has 4 aromatic rings. The van der Waals surface area contributed by atoms with Crippen molar-refractivity contribution >= 4 is 39.8 Å². The number of nitrogens with zero attached hydrogens (tertiary/aromatic N) is 2. The van der Waals surface area contributed by atoms with Gasteiger partial charge in [-0.3, -0.25) is 9.78 Å². The van der Waals surface area contributed by atoms with Crippen molar-refractivity contribution in [3.8, 4) is 0 Å². The van der Waals surface area contributed by atoms with Crippen molar-refractivity contribution in [2.24, 2.45) is 0 Å². The van der Waals surface area contributed by atoms with E-state index in [1.165, 1.54) is 5.56 Å². The lowest BCUT2D eigenvalue weighted by atomic mass is 9.83. The maximum Gasteiger partial charge on any atom is 0.253 e. The Kier molecular flexibility index (Phi) is 6.95. The summed E-state index contributed by atoms with van der Waals surface area (Å²) in [6.45, 7) is 3.21. The van der Waals surface area contributed by atoms with Crippen LogP contribution in [0.25, 0.3) is 10.9 Å². The minimum atomic E-state index is -0.883. The topological polar surface area (TPSA) is 65.5 Å². The van der Waals surface area contributed by atoms with Gasteiger partial charge in [0.25, 0.3) is 5.91 Å². The molecule has 5 nitrogen and oxygen atoms in total. The van der Waals surface area contributed by atoms with Gasteiger partial charge in [0.05, 0.1) is 11.1 Å². The van der Waals surface area contributed by atoms with Gasteiger partial charge in [-0.05, 0) is 78.9 Å². The molecule has 0 radical (unpaired) electrons. The smallest absolute Gasteiger partial charge is 0.253 e. The second-order valence-corrected chi connectivity index (χ2v) is 9.93. The number of carbonyl (C=O) groups is 1. The SMILES string of the molecule is CCCc1cccc(C2(O)CCN(C(=O)c3ccc(Nc4ccnc5cc(Cl)ccc45)cc3)CC2)c1. The summed E-state index contributed by atoms with van der Waals surface area (Å²) in [5.74, 6) is -0.00710. The number of aliphatic hydroxyl groups is 1. The lowest BCUT2D eigenvalue weighted by Crippen LogP contribution is -2.45. The fourth-order valence-corrected chi connectivity index (χ4v) is 5.10. The average Bonchev–Trinajstić information content (AvgIpc) is 2.89. The molecule has 1 aliphatic rings. The first kappa shape index (κ1) is 24.3. The van der Waals surface area contributed by atoms with Crippen molar-refractivity contribution in [2.45, 2.75) is 38.2 Å². The van der Waals surface area contributed by atoms with Crippen molar-refractivity contribution in [2.75, 3.05) is 18.4 Å². The van der Waals surface area contributed by atoms with Gasteiger partial charge < -0.3 is 15.3 Å². The van der Waals surface area contributed by atoms with Crippen LogP contribution in [-0.4, -0.2) is 34.0 Å². The van der Waals surface area contributed by atoms with E-state index in [1.54, 1.807) is 6.20 Å². The quantitative estimate of drug-likeness (QED) is 0.309. The van der Waals surface area contributed by atoms with Gasteiger partial charge in [0, 0.05) is 46.6 Å². The molecule has 1 aromatic heterocycles. The van der Waals surface area contributed by atoms with Crippen LogP contribution in [0.15, 0.2) is 79.0 Å². The highest BCUT2D eigenvalue weighted by atomic mass is 35.5. The molecule has 0 spiro atoms. The number of anilines is 2. The average molecular weight is 500 g/mol. The highest BCUT2D eigenvalue weighted by Crippen LogP contribution is 2.34. The number of rotatable bonds is 6. The van der Waals surface area contributed by atoms with Gasteiger partial charge in [-0.1, -0.05) is 49.2 Å². The second kappa shape index (κ2) is 10.3. The first-order valence-electron chi connectivity index (χ1n) is 12.5. The lowest BCUT2D eigenvalue weighted by Gasteiger charge is -2.38. The minimum absolute atomic E-state index is 0.00710. The molecule has 36 heavy (non-hydrogen) atoms. The molecule has 1 fully saturated rings. The first-order chi connectivity index (χ1) is 17.4. The van der Waals surface area contributed by atoms with E-state index < -0.39 is 5.60 Å². The molecule has 2 heterocycles. The monoisotopic (exact) mass is 499 g/mol. The van der Waals surface area contributed by atoms with Crippen molar-refractivity contribution in [3.05, 3.63) is 101 Å². The number of hydrogen-bond donors (Lipinski definition) is 2. The van der Waals surface area contributed by atoms with Crippen LogP contribution >= 0.6 is 11.6 Å². The molecule has 0 aliphatic carbocycles. The zero-order valence-corrected chi connectivity index (χ0v) is 21.1. The summed E-state index contributed by atoms with van der Waals surface area (Å²) < 4.78 is 0. The Balaban J connectivity index is 1.24. The Bertz CT molecular complexity index is 1380. The van der Waals surface area contributed by atoms with Crippen LogP contribution in [0, 0.1) is 0 Å². The molecular weight excluding hydrogens is 470 g/mol. The summed E-state index contributed by atoms with van der Waals surface area (Å²) in [5.41, 5.74) is 4.60. The normalized spacial score (nSPS) is 15.1. The molecule has 1 aliphatic heterocycles. The number of fused-ring (bicyclic) bond motifs is 1. The van der Waals surface area contributed by atoms with Crippen LogP contribution in [0.4, 0.5) is 11.4 Å². The zero-order valence-electron chi connectivity index (χ0n) is 20.4. The number of hydrogen-bond acceptors (Lipinski definition) is 4. The predicted molar refractivity (Wildman–Crippen MR) is 146 cm³/mol. The molecule has 184 valence electrons. The zero-order chi connectivity index (χ0) is 25.1. The maximum absolute atomic E-state index is 13.2. The van der Waals surface area contributed by atoms with E-state index in [0.29, 0.717) is 36.5 Å². The summed E-state index contributed by atoms with van der Waals surface area (Å²) in [6, 6.07) is 23.3. The summed E-state index contributed by atoms with van der Waals surface area (Å²) in [6.07, 6.45) is 4.90. The Morgan fingerprint density at radius 1 is 1.06 bits per heavy atom. The number of piperidine rings is 1. The molecule has 6 heteroatoms. The molecule has 1 amide bonds. The van der Waals surface area contributed by atoms with Gasteiger partial charge >= 0.3 is 0 Å². The third-order valence-electron chi connectivity index (χ3n) is 7.00. The fraction of sp³-hybridized carbons (Fsp3) is 0.267. The second-order valence-electron chi connectivity index (χ2n) is 9.50. The molecular formula is C30H30ClN3O2. The van der Waals surface area contributed by atoms with E-state index >= 15 is 0 Å². The summed E-state index contributed by atoms with van der Waals surface area (Å²) in [4.78, 5) is 19.4. The molecule has 5 rings (SSSR count). The number of amides is 1. The Hall–Kier alpha value is -3.41. The van der Waals surface area contributed by atoms with Crippen LogP contribution in [0.1, 0.15) is 47.7 Å². The summed E-state index contributed by atoms with van der Waals surface area (Å²) in [7, 11) is 0. The number of aryl methyl sites for hydroxylation is 1. The minimum Gasteiger partial charge on any atom is -0.385 e. The van der Waals surface area contributed by atoms with Gasteiger partial charge in [0.15, 0.2) is 0 Å². The largest absolute Gasteiger partial charge is 0.385 e. The number of aromatic nitrogens is 1. The van der Waals surface area contributed by atoms with Gasteiger partial charge in [-0.25, -0.2) is 0 Å². The van der Waals surface area contributed by atoms with E-state index in [-0.39, 0.29) is 5.91 Å². The van der Waals surface area contributed by atoms with Gasteiger partial charge in [-0.15, -0.1) is 0 Å². The number of pyridine rings is 1. The lowest BCUT2D eigenvalue weighted by molar-refractivity contribution is -0.0212. The molecule has 1 saturated heterocycles.